The second kappa shape index (κ2) is 5.06. The van der Waals surface area contributed by atoms with Crippen LogP contribution in [0.5, 0.6) is 5.75 Å². The summed E-state index contributed by atoms with van der Waals surface area (Å²) in [6.45, 7) is 0. The van der Waals surface area contributed by atoms with Gasteiger partial charge in [0, 0.05) is 18.0 Å². The van der Waals surface area contributed by atoms with E-state index in [-0.39, 0.29) is 5.56 Å². The lowest BCUT2D eigenvalue weighted by atomic mass is 10.1. The molecule has 18 heavy (non-hydrogen) atoms. The molecule has 92 valence electrons. The lowest BCUT2D eigenvalue weighted by molar-refractivity contribution is 0.0696. The first-order chi connectivity index (χ1) is 8.61. The largest absolute Gasteiger partial charge is 0.495 e. The third-order valence-corrected chi connectivity index (χ3v) is 2.77. The molecule has 0 amide bonds. The van der Waals surface area contributed by atoms with Gasteiger partial charge in [0.25, 0.3) is 0 Å². The zero-order chi connectivity index (χ0) is 13.1. The predicted octanol–water partition coefficient (Wildman–Crippen LogP) is 3.11. The fraction of sp³-hybridized carbons (Fsp3) is 0.0769. The zero-order valence-electron chi connectivity index (χ0n) is 9.55. The van der Waals surface area contributed by atoms with E-state index in [1.165, 1.54) is 13.3 Å². The molecule has 1 N–H and O–H groups in total. The smallest absolute Gasteiger partial charge is 0.337 e. The monoisotopic (exact) mass is 263 g/mol. The number of carboxylic acids is 1. The van der Waals surface area contributed by atoms with Crippen LogP contribution in [0.3, 0.4) is 0 Å². The minimum atomic E-state index is -1.01. The summed E-state index contributed by atoms with van der Waals surface area (Å²) >= 11 is 6.02. The first kappa shape index (κ1) is 12.4. The predicted molar refractivity (Wildman–Crippen MR) is 68.2 cm³/mol. The van der Waals surface area contributed by atoms with Crippen molar-refractivity contribution >= 4 is 17.6 Å². The number of hydrogen-bond acceptors (Lipinski definition) is 3. The molecule has 0 atom stereocenters. The van der Waals surface area contributed by atoms with E-state index in [1.54, 1.807) is 30.5 Å². The Morgan fingerprint density at radius 2 is 2.06 bits per heavy atom. The van der Waals surface area contributed by atoms with Crippen molar-refractivity contribution in [2.24, 2.45) is 0 Å². The molecule has 0 saturated heterocycles. The van der Waals surface area contributed by atoms with Crippen LogP contribution in [-0.2, 0) is 0 Å². The maximum atomic E-state index is 10.9. The zero-order valence-corrected chi connectivity index (χ0v) is 10.3. The number of ether oxygens (including phenoxy) is 1. The summed E-state index contributed by atoms with van der Waals surface area (Å²) in [6.07, 6.45) is 2.89. The van der Waals surface area contributed by atoms with Gasteiger partial charge in [-0.25, -0.2) is 4.79 Å². The van der Waals surface area contributed by atoms with Crippen LogP contribution < -0.4 is 4.74 Å². The Morgan fingerprint density at radius 3 is 2.67 bits per heavy atom. The average molecular weight is 264 g/mol. The molecule has 0 radical (unpaired) electrons. The molecule has 2 aromatic rings. The van der Waals surface area contributed by atoms with Crippen molar-refractivity contribution in [2.75, 3.05) is 7.11 Å². The number of rotatable bonds is 3. The van der Waals surface area contributed by atoms with E-state index in [2.05, 4.69) is 4.98 Å². The fourth-order valence-electron chi connectivity index (χ4n) is 1.56. The van der Waals surface area contributed by atoms with Gasteiger partial charge in [0.15, 0.2) is 0 Å². The number of nitrogens with zero attached hydrogens (tertiary/aromatic N) is 1. The summed E-state index contributed by atoms with van der Waals surface area (Å²) in [6, 6.07) is 6.79. The summed E-state index contributed by atoms with van der Waals surface area (Å²) in [5.41, 5.74) is 1.62. The quantitative estimate of drug-likeness (QED) is 0.924. The number of benzene rings is 1. The molecule has 0 unspecified atom stereocenters. The number of aromatic nitrogens is 1. The fourth-order valence-corrected chi connectivity index (χ4v) is 1.82. The third-order valence-electron chi connectivity index (χ3n) is 2.47. The van der Waals surface area contributed by atoms with Crippen LogP contribution >= 0.6 is 11.6 Å². The molecule has 0 fully saturated rings. The number of hydrogen-bond donors (Lipinski definition) is 1. The molecule has 1 heterocycles. The highest BCUT2D eigenvalue weighted by Crippen LogP contribution is 2.30. The topological polar surface area (TPSA) is 59.4 Å². The average Bonchev–Trinajstić information content (AvgIpc) is 2.38. The van der Waals surface area contributed by atoms with Crippen molar-refractivity contribution in [1.29, 1.82) is 0 Å². The van der Waals surface area contributed by atoms with Crippen molar-refractivity contribution in [3.05, 3.63) is 47.2 Å². The normalized spacial score (nSPS) is 10.1. The van der Waals surface area contributed by atoms with Crippen molar-refractivity contribution in [2.45, 2.75) is 0 Å². The second-order valence-corrected chi connectivity index (χ2v) is 4.02. The Labute approximate surface area is 109 Å². The maximum Gasteiger partial charge on any atom is 0.337 e. The van der Waals surface area contributed by atoms with Gasteiger partial charge in [-0.2, -0.15) is 0 Å². The van der Waals surface area contributed by atoms with Gasteiger partial charge in [0.1, 0.15) is 5.75 Å². The molecule has 1 aromatic heterocycles. The van der Waals surface area contributed by atoms with Crippen LogP contribution in [0.2, 0.25) is 5.02 Å². The molecule has 4 nitrogen and oxygen atoms in total. The third kappa shape index (κ3) is 2.43. The van der Waals surface area contributed by atoms with Gasteiger partial charge in [0.05, 0.1) is 17.7 Å². The highest BCUT2D eigenvalue weighted by Gasteiger charge is 2.07. The van der Waals surface area contributed by atoms with Gasteiger partial charge in [-0.05, 0) is 23.8 Å². The van der Waals surface area contributed by atoms with Gasteiger partial charge in [-0.15, -0.1) is 0 Å². The second-order valence-electron chi connectivity index (χ2n) is 3.62. The Morgan fingerprint density at radius 1 is 1.28 bits per heavy atom. The molecule has 1 aromatic carbocycles. The van der Waals surface area contributed by atoms with Gasteiger partial charge < -0.3 is 9.84 Å². The SMILES string of the molecule is COc1ccc(-c2cncc(C(=O)O)c2)cc1Cl. The summed E-state index contributed by atoms with van der Waals surface area (Å²) < 4.78 is 5.06. The van der Waals surface area contributed by atoms with Crippen molar-refractivity contribution in [3.63, 3.8) is 0 Å². The van der Waals surface area contributed by atoms with Gasteiger partial charge in [-0.3, -0.25) is 4.98 Å². The van der Waals surface area contributed by atoms with Crippen LogP contribution in [0.25, 0.3) is 11.1 Å². The minimum Gasteiger partial charge on any atom is -0.495 e. The van der Waals surface area contributed by atoms with Crippen molar-refractivity contribution in [1.82, 2.24) is 4.98 Å². The highest BCUT2D eigenvalue weighted by molar-refractivity contribution is 6.32. The van der Waals surface area contributed by atoms with Crippen LogP contribution in [0.1, 0.15) is 10.4 Å². The molecule has 0 saturated carbocycles. The Hall–Kier alpha value is -2.07. The minimum absolute atomic E-state index is 0.138. The number of methoxy groups -OCH3 is 1. The summed E-state index contributed by atoms with van der Waals surface area (Å²) in [7, 11) is 1.54. The van der Waals surface area contributed by atoms with Crippen LogP contribution in [0.4, 0.5) is 0 Å². The molecule has 0 aliphatic heterocycles. The summed E-state index contributed by atoms with van der Waals surface area (Å²) in [5.74, 6) is -0.438. The van der Waals surface area contributed by atoms with E-state index in [0.717, 1.165) is 5.56 Å². The van der Waals surface area contributed by atoms with Gasteiger partial charge in [-0.1, -0.05) is 17.7 Å². The first-order valence-electron chi connectivity index (χ1n) is 5.14. The number of carbonyl (C=O) groups is 1. The Bertz CT molecular complexity index is 599. The van der Waals surface area contributed by atoms with Gasteiger partial charge >= 0.3 is 5.97 Å². The van der Waals surface area contributed by atoms with Crippen LogP contribution in [-0.4, -0.2) is 23.2 Å². The Balaban J connectivity index is 2.45. The van der Waals surface area contributed by atoms with E-state index in [1.807, 2.05) is 0 Å². The maximum absolute atomic E-state index is 10.9. The lowest BCUT2D eigenvalue weighted by Gasteiger charge is -2.06. The molecule has 5 heteroatoms. The van der Waals surface area contributed by atoms with Gasteiger partial charge in [0.2, 0.25) is 0 Å². The molecule has 0 aliphatic carbocycles. The first-order valence-corrected chi connectivity index (χ1v) is 5.52. The number of halogens is 1. The highest BCUT2D eigenvalue weighted by atomic mass is 35.5. The number of carboxylic acid groups (broad SMARTS) is 1. The van der Waals surface area contributed by atoms with Crippen molar-refractivity contribution in [3.8, 4) is 16.9 Å². The van der Waals surface area contributed by atoms with E-state index in [0.29, 0.717) is 16.3 Å². The van der Waals surface area contributed by atoms with E-state index < -0.39 is 5.97 Å². The number of aromatic carboxylic acids is 1. The molecule has 2 rings (SSSR count). The van der Waals surface area contributed by atoms with Crippen LogP contribution in [0.15, 0.2) is 36.7 Å². The Kier molecular flexibility index (Phi) is 3.48. The molecule has 0 bridgehead atoms. The van der Waals surface area contributed by atoms with E-state index in [9.17, 15) is 4.79 Å². The van der Waals surface area contributed by atoms with E-state index >= 15 is 0 Å². The van der Waals surface area contributed by atoms with E-state index in [4.69, 9.17) is 21.4 Å². The standard InChI is InChI=1S/C13H10ClNO3/c1-18-12-3-2-8(5-11(12)14)9-4-10(13(16)17)7-15-6-9/h2-7H,1H3,(H,16,17). The van der Waals surface area contributed by atoms with Crippen molar-refractivity contribution < 1.29 is 14.6 Å². The lowest BCUT2D eigenvalue weighted by Crippen LogP contribution is -1.97. The summed E-state index contributed by atoms with van der Waals surface area (Å²) in [5, 5.41) is 9.38. The van der Waals surface area contributed by atoms with Crippen LogP contribution in [0, 0.1) is 0 Å². The number of pyridine rings is 1. The molecule has 0 aliphatic rings. The molecular weight excluding hydrogens is 254 g/mol. The molecular formula is C13H10ClNO3. The molecule has 0 spiro atoms. The summed E-state index contributed by atoms with van der Waals surface area (Å²) in [4.78, 5) is 14.8.